The van der Waals surface area contributed by atoms with Crippen molar-refractivity contribution in [3.8, 4) is 0 Å². The molecule has 0 aliphatic carbocycles. The highest BCUT2D eigenvalue weighted by atomic mass is 16.5. The smallest absolute Gasteiger partial charge is 0.331 e. The van der Waals surface area contributed by atoms with E-state index in [2.05, 4.69) is 0 Å². The lowest BCUT2D eigenvalue weighted by molar-refractivity contribution is -0.147. The van der Waals surface area contributed by atoms with Gasteiger partial charge in [-0.2, -0.15) is 0 Å². The van der Waals surface area contributed by atoms with Crippen LogP contribution in [0.1, 0.15) is 72.6 Å². The molecule has 0 unspecified atom stereocenters. The SMILES string of the molecule is CC(C)[C@@H]1OC(=O)/C=C/C=C/C=C/C=C/C=C/C[C@@H](O)[C@H](C)[C@@H](O)C[C@H](O)C[C@H](O)C[C@H](O)C[C@H](O)C[C@H](O)C[C@H](O)/C=C/[C@@H]1C. The van der Waals surface area contributed by atoms with Gasteiger partial charge in [-0.15, -0.1) is 0 Å². The average molecular weight is 651 g/mol. The van der Waals surface area contributed by atoms with Gasteiger partial charge in [0.2, 0.25) is 0 Å². The Morgan fingerprint density at radius 3 is 1.59 bits per heavy atom. The maximum Gasteiger partial charge on any atom is 0.331 e. The highest BCUT2D eigenvalue weighted by molar-refractivity contribution is 5.82. The third-order valence-electron chi connectivity index (χ3n) is 8.01. The van der Waals surface area contributed by atoms with Crippen molar-refractivity contribution in [1.29, 1.82) is 0 Å². The summed E-state index contributed by atoms with van der Waals surface area (Å²) in [4.78, 5) is 12.4. The van der Waals surface area contributed by atoms with Gasteiger partial charge in [-0.05, 0) is 44.4 Å². The van der Waals surface area contributed by atoms with Crippen LogP contribution in [-0.4, -0.2) is 102 Å². The molecule has 1 aliphatic rings. The summed E-state index contributed by atoms with van der Waals surface area (Å²) in [6.45, 7) is 7.40. The molecule has 1 aliphatic heterocycles. The molecule has 46 heavy (non-hydrogen) atoms. The molecule has 0 spiro atoms. The topological polar surface area (TPSA) is 188 Å². The van der Waals surface area contributed by atoms with Crippen molar-refractivity contribution < 1.29 is 50.4 Å². The van der Waals surface area contributed by atoms with E-state index in [-0.39, 0.29) is 50.4 Å². The Labute approximate surface area is 274 Å². The van der Waals surface area contributed by atoms with Crippen molar-refractivity contribution in [1.82, 2.24) is 0 Å². The Hall–Kier alpha value is -2.41. The van der Waals surface area contributed by atoms with E-state index in [1.165, 1.54) is 12.2 Å². The minimum atomic E-state index is -1.10. The number of carbonyl (C=O) groups is 1. The second-order valence-corrected chi connectivity index (χ2v) is 12.8. The van der Waals surface area contributed by atoms with E-state index in [0.717, 1.165) is 0 Å². The average Bonchev–Trinajstić information content (AvgIpc) is 2.95. The number of cyclic esters (lactones) is 1. The number of esters is 1. The van der Waals surface area contributed by atoms with Gasteiger partial charge in [0.05, 0.1) is 48.8 Å². The minimum absolute atomic E-state index is 0.00324. The van der Waals surface area contributed by atoms with Crippen LogP contribution >= 0.6 is 0 Å². The van der Waals surface area contributed by atoms with Crippen LogP contribution in [0, 0.1) is 17.8 Å². The number of aliphatic hydroxyl groups is 8. The van der Waals surface area contributed by atoms with Crippen LogP contribution in [0.2, 0.25) is 0 Å². The number of carbonyl (C=O) groups excluding carboxylic acids is 1. The summed E-state index contributed by atoms with van der Waals surface area (Å²) in [5.41, 5.74) is 0. The zero-order chi connectivity index (χ0) is 34.6. The molecule has 10 nitrogen and oxygen atoms in total. The number of hydrogen-bond acceptors (Lipinski definition) is 10. The van der Waals surface area contributed by atoms with E-state index >= 15 is 0 Å². The molecular weight excluding hydrogens is 592 g/mol. The molecule has 262 valence electrons. The quantitative estimate of drug-likeness (QED) is 0.155. The van der Waals surface area contributed by atoms with Gasteiger partial charge in [0, 0.05) is 24.3 Å². The van der Waals surface area contributed by atoms with Gasteiger partial charge >= 0.3 is 5.97 Å². The van der Waals surface area contributed by atoms with Gasteiger partial charge in [-0.3, -0.25) is 0 Å². The van der Waals surface area contributed by atoms with Gasteiger partial charge in [0.1, 0.15) is 6.10 Å². The normalized spacial score (nSPS) is 40.4. The lowest BCUT2D eigenvalue weighted by atomic mass is 9.90. The fraction of sp³-hybridized carbons (Fsp3) is 0.639. The second-order valence-electron chi connectivity index (χ2n) is 12.8. The molecule has 10 heteroatoms. The summed E-state index contributed by atoms with van der Waals surface area (Å²) in [7, 11) is 0. The van der Waals surface area contributed by atoms with Gasteiger partial charge in [-0.1, -0.05) is 94.5 Å². The Bertz CT molecular complexity index is 1020. The molecule has 1 rings (SSSR count). The van der Waals surface area contributed by atoms with Crippen molar-refractivity contribution in [2.45, 2.75) is 128 Å². The van der Waals surface area contributed by atoms with Crippen molar-refractivity contribution in [2.24, 2.45) is 17.8 Å². The molecule has 0 amide bonds. The van der Waals surface area contributed by atoms with E-state index in [0.29, 0.717) is 6.42 Å². The number of ether oxygens (including phenoxy) is 1. The summed E-state index contributed by atoms with van der Waals surface area (Å²) < 4.78 is 5.65. The predicted octanol–water partition coefficient (Wildman–Crippen LogP) is 2.80. The number of aliphatic hydroxyl groups excluding tert-OH is 8. The molecule has 0 saturated carbocycles. The Kier molecular flexibility index (Phi) is 20.8. The standard InChI is InChI=1S/C36H58O10/c1-24(2)36-25(3)16-17-27(37)18-28(38)19-29(39)20-30(40)21-31(41)22-32(42)23-34(44)26(4)33(43)14-12-10-8-6-5-7-9-11-13-15-35(45)46-36/h5-13,15-17,24-34,36-44H,14,18-23H2,1-4H3/b7-5+,8-6+,11-9+,12-10+,15-13+,17-16+/t25-,26-,27+,28+,29+,30+,31+,32+,33+,34-,36-/m0/s1. The molecule has 0 aromatic carbocycles. The first-order chi connectivity index (χ1) is 21.7. The molecule has 0 radical (unpaired) electrons. The van der Waals surface area contributed by atoms with Gasteiger partial charge in [0.25, 0.3) is 0 Å². The molecule has 0 aromatic rings. The summed E-state index contributed by atoms with van der Waals surface area (Å²) in [6.07, 6.45) is 11.3. The first kappa shape index (κ1) is 41.6. The molecule has 1 heterocycles. The summed E-state index contributed by atoms with van der Waals surface area (Å²) in [6, 6.07) is 0. The van der Waals surface area contributed by atoms with Gasteiger partial charge in [-0.25, -0.2) is 4.79 Å². The third kappa shape index (κ3) is 18.7. The lowest BCUT2D eigenvalue weighted by Gasteiger charge is -2.26. The Balaban J connectivity index is 2.98. The number of hydrogen-bond donors (Lipinski definition) is 8. The molecule has 0 bridgehead atoms. The fourth-order valence-electron chi connectivity index (χ4n) is 5.31. The zero-order valence-electron chi connectivity index (χ0n) is 27.7. The van der Waals surface area contributed by atoms with Crippen LogP contribution < -0.4 is 0 Å². The maximum absolute atomic E-state index is 12.4. The molecule has 11 atom stereocenters. The first-order valence-corrected chi connectivity index (χ1v) is 16.4. The van der Waals surface area contributed by atoms with Crippen molar-refractivity contribution in [3.63, 3.8) is 0 Å². The van der Waals surface area contributed by atoms with Crippen LogP contribution in [-0.2, 0) is 9.53 Å². The molecule has 0 saturated heterocycles. The van der Waals surface area contributed by atoms with Crippen LogP contribution in [0.5, 0.6) is 0 Å². The summed E-state index contributed by atoms with van der Waals surface area (Å²) in [5.74, 6) is -1.25. The Morgan fingerprint density at radius 2 is 1.07 bits per heavy atom. The highest BCUT2D eigenvalue weighted by Crippen LogP contribution is 2.22. The second kappa shape index (κ2) is 23.0. The highest BCUT2D eigenvalue weighted by Gasteiger charge is 2.27. The van der Waals surface area contributed by atoms with E-state index < -0.39 is 66.8 Å². The van der Waals surface area contributed by atoms with E-state index in [1.54, 1.807) is 67.7 Å². The fourth-order valence-corrected chi connectivity index (χ4v) is 5.31. The van der Waals surface area contributed by atoms with Crippen LogP contribution in [0.15, 0.2) is 72.9 Å². The molecule has 0 fully saturated rings. The largest absolute Gasteiger partial charge is 0.458 e. The third-order valence-corrected chi connectivity index (χ3v) is 8.01. The maximum atomic E-state index is 12.4. The minimum Gasteiger partial charge on any atom is -0.458 e. The molecular formula is C36H58O10. The van der Waals surface area contributed by atoms with E-state index in [9.17, 15) is 45.6 Å². The monoisotopic (exact) mass is 650 g/mol. The summed E-state index contributed by atoms with van der Waals surface area (Å²) in [5, 5.41) is 83.2. The predicted molar refractivity (Wildman–Crippen MR) is 178 cm³/mol. The van der Waals surface area contributed by atoms with Gasteiger partial charge < -0.3 is 45.6 Å². The van der Waals surface area contributed by atoms with E-state index in [4.69, 9.17) is 4.74 Å². The van der Waals surface area contributed by atoms with Crippen LogP contribution in [0.4, 0.5) is 0 Å². The number of allylic oxidation sites excluding steroid dienone is 8. The molecule has 0 aromatic heterocycles. The van der Waals surface area contributed by atoms with Crippen molar-refractivity contribution in [3.05, 3.63) is 72.9 Å². The first-order valence-electron chi connectivity index (χ1n) is 16.4. The van der Waals surface area contributed by atoms with Gasteiger partial charge in [0.15, 0.2) is 0 Å². The summed E-state index contributed by atoms with van der Waals surface area (Å²) >= 11 is 0. The van der Waals surface area contributed by atoms with E-state index in [1.807, 2.05) is 20.8 Å². The van der Waals surface area contributed by atoms with Crippen LogP contribution in [0.3, 0.4) is 0 Å². The van der Waals surface area contributed by atoms with Crippen molar-refractivity contribution in [2.75, 3.05) is 0 Å². The Morgan fingerprint density at radius 1 is 0.609 bits per heavy atom. The van der Waals surface area contributed by atoms with Crippen molar-refractivity contribution >= 4 is 5.97 Å². The lowest BCUT2D eigenvalue weighted by Crippen LogP contribution is -2.34. The molecule has 8 N–H and O–H groups in total. The van der Waals surface area contributed by atoms with Crippen LogP contribution in [0.25, 0.3) is 0 Å². The zero-order valence-corrected chi connectivity index (χ0v) is 27.7. The number of rotatable bonds is 1.